The first-order chi connectivity index (χ1) is 21.2. The second-order valence-electron chi connectivity index (χ2n) is 12.7. The number of carbonyl (C=O) groups is 1. The van der Waals surface area contributed by atoms with E-state index in [2.05, 4.69) is 38.2 Å². The third kappa shape index (κ3) is 35.2. The summed E-state index contributed by atoms with van der Waals surface area (Å²) in [6.45, 7) is 5.32. The van der Waals surface area contributed by atoms with Gasteiger partial charge in [0.2, 0.25) is 0 Å². The van der Waals surface area contributed by atoms with Gasteiger partial charge in [0.05, 0.1) is 13.2 Å². The van der Waals surface area contributed by atoms with Gasteiger partial charge >= 0.3 is 5.97 Å². The quantitative estimate of drug-likeness (QED) is 0.0443. The van der Waals surface area contributed by atoms with Crippen LogP contribution < -0.4 is 0 Å². The molecule has 0 spiro atoms. The standard InChI is InChI=1S/C39H74O4/c1-3-5-7-9-11-13-15-17-19-20-21-23-25-27-29-31-33-35-42-37-38(36-40)43-39(41)34-32-30-28-26-24-22-18-16-14-12-10-8-6-4-2/h13,15,19-20,38,40H,3-12,14,16-18,21-37H2,1-2H3/b15-13-,20-19-. The van der Waals surface area contributed by atoms with Gasteiger partial charge in [-0.15, -0.1) is 0 Å². The molecule has 0 amide bonds. The summed E-state index contributed by atoms with van der Waals surface area (Å²) in [5, 5.41) is 9.56. The van der Waals surface area contributed by atoms with Gasteiger partial charge in [-0.3, -0.25) is 4.79 Å². The molecule has 254 valence electrons. The van der Waals surface area contributed by atoms with Gasteiger partial charge in [0.1, 0.15) is 6.10 Å². The first-order valence-corrected chi connectivity index (χ1v) is 18.9. The van der Waals surface area contributed by atoms with Crippen LogP contribution in [0.1, 0.15) is 194 Å². The fourth-order valence-electron chi connectivity index (χ4n) is 5.42. The summed E-state index contributed by atoms with van der Waals surface area (Å²) in [4.78, 5) is 12.1. The number of aliphatic hydroxyl groups is 1. The smallest absolute Gasteiger partial charge is 0.306 e. The zero-order valence-electron chi connectivity index (χ0n) is 29.0. The molecule has 0 aromatic rings. The van der Waals surface area contributed by atoms with E-state index in [1.54, 1.807) is 0 Å². The maximum atomic E-state index is 12.1. The van der Waals surface area contributed by atoms with Crippen molar-refractivity contribution < 1.29 is 19.4 Å². The minimum absolute atomic E-state index is 0.172. The summed E-state index contributed by atoms with van der Waals surface area (Å²) in [6, 6.07) is 0. The zero-order valence-corrected chi connectivity index (χ0v) is 29.0. The van der Waals surface area contributed by atoms with Gasteiger partial charge in [0.25, 0.3) is 0 Å². The SMILES string of the molecule is CCCCCC/C=C\C/C=C\CCCCCCCCOCC(CO)OC(=O)CCCCCCCCCCCCCCCC. The Morgan fingerprint density at radius 2 is 0.977 bits per heavy atom. The molecule has 43 heavy (non-hydrogen) atoms. The fourth-order valence-corrected chi connectivity index (χ4v) is 5.42. The predicted octanol–water partition coefficient (Wildman–Crippen LogP) is 12.0. The van der Waals surface area contributed by atoms with Crippen LogP contribution in [0.3, 0.4) is 0 Å². The molecule has 0 saturated carbocycles. The molecule has 0 heterocycles. The van der Waals surface area contributed by atoms with Crippen molar-refractivity contribution in [3.8, 4) is 0 Å². The van der Waals surface area contributed by atoms with Gasteiger partial charge in [-0.1, -0.05) is 167 Å². The van der Waals surface area contributed by atoms with E-state index in [4.69, 9.17) is 9.47 Å². The van der Waals surface area contributed by atoms with E-state index < -0.39 is 6.10 Å². The number of aliphatic hydroxyl groups excluding tert-OH is 1. The molecule has 0 aliphatic carbocycles. The molecule has 0 aliphatic heterocycles. The van der Waals surface area contributed by atoms with Crippen LogP contribution in [0.2, 0.25) is 0 Å². The number of ether oxygens (including phenoxy) is 2. The second-order valence-corrected chi connectivity index (χ2v) is 12.7. The van der Waals surface area contributed by atoms with Gasteiger partial charge in [-0.05, 0) is 44.9 Å². The number of allylic oxidation sites excluding steroid dienone is 4. The highest BCUT2D eigenvalue weighted by Crippen LogP contribution is 2.14. The van der Waals surface area contributed by atoms with Gasteiger partial charge in [0, 0.05) is 13.0 Å². The molecular formula is C39H74O4. The zero-order chi connectivity index (χ0) is 31.3. The first-order valence-electron chi connectivity index (χ1n) is 18.9. The maximum Gasteiger partial charge on any atom is 0.306 e. The normalized spacial score (nSPS) is 12.5. The van der Waals surface area contributed by atoms with Crippen LogP contribution in [0.15, 0.2) is 24.3 Å². The molecule has 1 atom stereocenters. The molecule has 1 N–H and O–H groups in total. The molecule has 4 nitrogen and oxygen atoms in total. The van der Waals surface area contributed by atoms with E-state index in [9.17, 15) is 9.90 Å². The number of hydrogen-bond acceptors (Lipinski definition) is 4. The Labute approximate surface area is 268 Å². The number of unbranched alkanes of at least 4 members (excludes halogenated alkanes) is 23. The first kappa shape index (κ1) is 41.9. The highest BCUT2D eigenvalue weighted by atomic mass is 16.6. The van der Waals surface area contributed by atoms with E-state index in [-0.39, 0.29) is 12.6 Å². The van der Waals surface area contributed by atoms with Crippen LogP contribution >= 0.6 is 0 Å². The molecule has 0 aliphatic rings. The molecule has 1 unspecified atom stereocenters. The summed E-state index contributed by atoms with van der Waals surface area (Å²) < 4.78 is 11.1. The number of hydrogen-bond donors (Lipinski definition) is 1. The third-order valence-electron chi connectivity index (χ3n) is 8.28. The van der Waals surface area contributed by atoms with Crippen LogP contribution in [0, 0.1) is 0 Å². The van der Waals surface area contributed by atoms with Crippen molar-refractivity contribution in [3.05, 3.63) is 24.3 Å². The Morgan fingerprint density at radius 1 is 0.558 bits per heavy atom. The third-order valence-corrected chi connectivity index (χ3v) is 8.28. The summed E-state index contributed by atoms with van der Waals surface area (Å²) >= 11 is 0. The summed E-state index contributed by atoms with van der Waals surface area (Å²) in [6.07, 6.45) is 43.6. The molecule has 0 radical (unpaired) electrons. The van der Waals surface area contributed by atoms with Crippen molar-refractivity contribution in [1.82, 2.24) is 0 Å². The average Bonchev–Trinajstić information content (AvgIpc) is 3.01. The fraction of sp³-hybridized carbons (Fsp3) is 0.872. The minimum atomic E-state index is -0.534. The number of esters is 1. The lowest BCUT2D eigenvalue weighted by Gasteiger charge is -2.15. The van der Waals surface area contributed by atoms with Gasteiger partial charge in [-0.2, -0.15) is 0 Å². The second kappa shape index (κ2) is 37.1. The monoisotopic (exact) mass is 607 g/mol. The Hall–Kier alpha value is -1.13. The van der Waals surface area contributed by atoms with E-state index in [0.29, 0.717) is 19.6 Å². The molecule has 0 aromatic heterocycles. The lowest BCUT2D eigenvalue weighted by Crippen LogP contribution is -2.27. The molecule has 0 aromatic carbocycles. The van der Waals surface area contributed by atoms with Crippen molar-refractivity contribution in [1.29, 1.82) is 0 Å². The van der Waals surface area contributed by atoms with Crippen LogP contribution in [-0.2, 0) is 14.3 Å². The topological polar surface area (TPSA) is 55.8 Å². The van der Waals surface area contributed by atoms with Crippen molar-refractivity contribution in [3.63, 3.8) is 0 Å². The van der Waals surface area contributed by atoms with Crippen LogP contribution in [0.25, 0.3) is 0 Å². The van der Waals surface area contributed by atoms with E-state index in [1.165, 1.54) is 148 Å². The molecule has 0 bridgehead atoms. The van der Waals surface area contributed by atoms with Crippen molar-refractivity contribution in [2.75, 3.05) is 19.8 Å². The van der Waals surface area contributed by atoms with Crippen LogP contribution in [0.4, 0.5) is 0 Å². The van der Waals surface area contributed by atoms with Gasteiger partial charge in [-0.25, -0.2) is 0 Å². The summed E-state index contributed by atoms with van der Waals surface area (Å²) in [5.41, 5.74) is 0. The molecular weight excluding hydrogens is 532 g/mol. The highest BCUT2D eigenvalue weighted by Gasteiger charge is 2.13. The summed E-state index contributed by atoms with van der Waals surface area (Å²) in [7, 11) is 0. The molecule has 0 fully saturated rings. The van der Waals surface area contributed by atoms with Crippen molar-refractivity contribution in [2.24, 2.45) is 0 Å². The lowest BCUT2D eigenvalue weighted by atomic mass is 10.0. The number of carbonyl (C=O) groups excluding carboxylic acids is 1. The average molecular weight is 607 g/mol. The molecule has 0 saturated heterocycles. The Morgan fingerprint density at radius 3 is 1.47 bits per heavy atom. The maximum absolute atomic E-state index is 12.1. The Bertz CT molecular complexity index is 600. The van der Waals surface area contributed by atoms with Crippen molar-refractivity contribution in [2.45, 2.75) is 200 Å². The predicted molar refractivity (Wildman–Crippen MR) is 187 cm³/mol. The van der Waals surface area contributed by atoms with E-state index in [1.807, 2.05) is 0 Å². The molecule has 4 heteroatoms. The Kier molecular flexibility index (Phi) is 36.1. The van der Waals surface area contributed by atoms with Crippen LogP contribution in [-0.4, -0.2) is 37.0 Å². The van der Waals surface area contributed by atoms with Crippen molar-refractivity contribution >= 4 is 5.97 Å². The number of rotatable bonds is 35. The lowest BCUT2D eigenvalue weighted by molar-refractivity contribution is -0.154. The Balaban J connectivity index is 3.44. The largest absolute Gasteiger partial charge is 0.457 e. The molecule has 0 rings (SSSR count). The highest BCUT2D eigenvalue weighted by molar-refractivity contribution is 5.69. The van der Waals surface area contributed by atoms with E-state index >= 15 is 0 Å². The minimum Gasteiger partial charge on any atom is -0.457 e. The summed E-state index contributed by atoms with van der Waals surface area (Å²) in [5.74, 6) is -0.203. The van der Waals surface area contributed by atoms with E-state index in [0.717, 1.165) is 25.7 Å². The van der Waals surface area contributed by atoms with Crippen LogP contribution in [0.5, 0.6) is 0 Å². The van der Waals surface area contributed by atoms with Gasteiger partial charge < -0.3 is 14.6 Å². The van der Waals surface area contributed by atoms with Gasteiger partial charge in [0.15, 0.2) is 0 Å².